The Balaban J connectivity index is 2.18. The van der Waals surface area contributed by atoms with E-state index in [0.29, 0.717) is 11.7 Å². The number of nitrogens with zero attached hydrogens (tertiary/aromatic N) is 1. The van der Waals surface area contributed by atoms with Gasteiger partial charge in [-0.05, 0) is 51.1 Å². The summed E-state index contributed by atoms with van der Waals surface area (Å²) < 4.78 is 25.8. The van der Waals surface area contributed by atoms with E-state index in [1.54, 1.807) is 11.4 Å². The highest BCUT2D eigenvalue weighted by atomic mass is 32.2. The Kier molecular flexibility index (Phi) is 7.95. The van der Waals surface area contributed by atoms with Gasteiger partial charge in [0.2, 0.25) is 10.0 Å². The Hall–Kier alpha value is -0.130. The normalized spacial score (nSPS) is 17.4. The fourth-order valence-electron chi connectivity index (χ4n) is 2.66. The number of hydrogen-bond donors (Lipinski definition) is 1. The molecule has 1 fully saturated rings. The minimum absolute atomic E-state index is 0.296. The molecule has 0 heterocycles. The lowest BCUT2D eigenvalue weighted by molar-refractivity contribution is 0.386. The third kappa shape index (κ3) is 6.72. The van der Waals surface area contributed by atoms with Crippen LogP contribution in [0.3, 0.4) is 0 Å². The molecule has 0 aromatic heterocycles. The fourth-order valence-corrected chi connectivity index (χ4v) is 3.98. The molecule has 0 atom stereocenters. The van der Waals surface area contributed by atoms with Crippen LogP contribution in [0.1, 0.15) is 51.9 Å². The Morgan fingerprint density at radius 2 is 1.84 bits per heavy atom. The van der Waals surface area contributed by atoms with Crippen LogP contribution in [0.5, 0.6) is 0 Å². The van der Waals surface area contributed by atoms with Crippen molar-refractivity contribution in [1.29, 1.82) is 0 Å². The molecule has 1 aliphatic carbocycles. The van der Waals surface area contributed by atoms with Crippen molar-refractivity contribution in [2.24, 2.45) is 5.92 Å². The van der Waals surface area contributed by atoms with E-state index in [4.69, 9.17) is 0 Å². The van der Waals surface area contributed by atoms with Gasteiger partial charge in [0.25, 0.3) is 0 Å². The van der Waals surface area contributed by atoms with E-state index in [1.165, 1.54) is 25.7 Å². The molecule has 0 spiro atoms. The summed E-state index contributed by atoms with van der Waals surface area (Å²) in [6.07, 6.45) is 7.75. The lowest BCUT2D eigenvalue weighted by atomic mass is 10.1. The molecule has 1 rings (SSSR count). The predicted molar refractivity (Wildman–Crippen MR) is 80.8 cm³/mol. The summed E-state index contributed by atoms with van der Waals surface area (Å²) in [6, 6.07) is 0. The first kappa shape index (κ1) is 16.9. The molecule has 114 valence electrons. The van der Waals surface area contributed by atoms with E-state index in [2.05, 4.69) is 12.2 Å². The second kappa shape index (κ2) is 8.93. The second-order valence-corrected chi connectivity index (χ2v) is 7.90. The second-order valence-electron chi connectivity index (χ2n) is 5.70. The maximum absolute atomic E-state index is 12.1. The SMILES string of the molecule is CCCNCCCCS(=O)(=O)N(C)CC1CCCC1. The highest BCUT2D eigenvalue weighted by molar-refractivity contribution is 7.89. The lowest BCUT2D eigenvalue weighted by Crippen LogP contribution is -2.33. The van der Waals surface area contributed by atoms with E-state index >= 15 is 0 Å². The summed E-state index contributed by atoms with van der Waals surface area (Å²) in [5.41, 5.74) is 0. The van der Waals surface area contributed by atoms with Crippen LogP contribution in [0.2, 0.25) is 0 Å². The average molecular weight is 290 g/mol. The molecule has 0 amide bonds. The van der Waals surface area contributed by atoms with Crippen molar-refractivity contribution >= 4 is 10.0 Å². The van der Waals surface area contributed by atoms with Crippen LogP contribution in [0.15, 0.2) is 0 Å². The van der Waals surface area contributed by atoms with E-state index < -0.39 is 10.0 Å². The predicted octanol–water partition coefficient (Wildman–Crippen LogP) is 2.22. The quantitative estimate of drug-likeness (QED) is 0.628. The van der Waals surface area contributed by atoms with Crippen molar-refractivity contribution in [2.75, 3.05) is 32.4 Å². The molecule has 1 N–H and O–H groups in total. The molecule has 0 saturated heterocycles. The highest BCUT2D eigenvalue weighted by Gasteiger charge is 2.23. The zero-order valence-electron chi connectivity index (χ0n) is 12.5. The molecular formula is C14H30N2O2S. The molecule has 0 aliphatic heterocycles. The largest absolute Gasteiger partial charge is 0.317 e. The van der Waals surface area contributed by atoms with Gasteiger partial charge in [-0.25, -0.2) is 12.7 Å². The lowest BCUT2D eigenvalue weighted by Gasteiger charge is -2.20. The van der Waals surface area contributed by atoms with Gasteiger partial charge in [-0.1, -0.05) is 19.8 Å². The summed E-state index contributed by atoms with van der Waals surface area (Å²) in [5, 5.41) is 3.30. The molecule has 19 heavy (non-hydrogen) atoms. The molecule has 1 saturated carbocycles. The van der Waals surface area contributed by atoms with Crippen LogP contribution in [0, 0.1) is 5.92 Å². The topological polar surface area (TPSA) is 49.4 Å². The molecule has 0 unspecified atom stereocenters. The van der Waals surface area contributed by atoms with Crippen LogP contribution in [0.4, 0.5) is 0 Å². The van der Waals surface area contributed by atoms with Crippen molar-refractivity contribution in [3.8, 4) is 0 Å². The van der Waals surface area contributed by atoms with Crippen LogP contribution in [0.25, 0.3) is 0 Å². The van der Waals surface area contributed by atoms with Crippen molar-refractivity contribution in [3.05, 3.63) is 0 Å². The van der Waals surface area contributed by atoms with Gasteiger partial charge in [-0.15, -0.1) is 0 Å². The summed E-state index contributed by atoms with van der Waals surface area (Å²) in [6.45, 7) is 4.80. The first-order valence-electron chi connectivity index (χ1n) is 7.71. The van der Waals surface area contributed by atoms with Gasteiger partial charge >= 0.3 is 0 Å². The minimum Gasteiger partial charge on any atom is -0.317 e. The standard InChI is InChI=1S/C14H30N2O2S/c1-3-10-15-11-6-7-12-19(17,18)16(2)13-14-8-4-5-9-14/h14-15H,3-13H2,1-2H3. The minimum atomic E-state index is -3.03. The Labute approximate surface area is 119 Å². The first-order chi connectivity index (χ1) is 9.06. The van der Waals surface area contributed by atoms with Crippen molar-refractivity contribution in [1.82, 2.24) is 9.62 Å². The van der Waals surface area contributed by atoms with Gasteiger partial charge in [-0.2, -0.15) is 0 Å². The summed E-state index contributed by atoms with van der Waals surface area (Å²) >= 11 is 0. The molecule has 0 radical (unpaired) electrons. The molecule has 0 aromatic carbocycles. The number of unbranched alkanes of at least 4 members (excludes halogenated alkanes) is 1. The smallest absolute Gasteiger partial charge is 0.213 e. The Morgan fingerprint density at radius 1 is 1.16 bits per heavy atom. The van der Waals surface area contributed by atoms with E-state index in [9.17, 15) is 8.42 Å². The summed E-state index contributed by atoms with van der Waals surface area (Å²) in [5.74, 6) is 0.885. The average Bonchev–Trinajstić information content (AvgIpc) is 2.86. The molecule has 4 nitrogen and oxygen atoms in total. The number of nitrogens with one attached hydrogen (secondary N) is 1. The number of sulfonamides is 1. The fraction of sp³-hybridized carbons (Fsp3) is 1.00. The highest BCUT2D eigenvalue weighted by Crippen LogP contribution is 2.25. The monoisotopic (exact) mass is 290 g/mol. The molecule has 0 aromatic rings. The Bertz CT molecular complexity index is 324. The van der Waals surface area contributed by atoms with Gasteiger partial charge in [-0.3, -0.25) is 0 Å². The van der Waals surface area contributed by atoms with Gasteiger partial charge < -0.3 is 5.32 Å². The van der Waals surface area contributed by atoms with E-state index in [1.807, 2.05) is 0 Å². The maximum atomic E-state index is 12.1. The van der Waals surface area contributed by atoms with Crippen molar-refractivity contribution in [3.63, 3.8) is 0 Å². The first-order valence-corrected chi connectivity index (χ1v) is 9.32. The maximum Gasteiger partial charge on any atom is 0.213 e. The van der Waals surface area contributed by atoms with Crippen LogP contribution < -0.4 is 5.32 Å². The van der Waals surface area contributed by atoms with Gasteiger partial charge in [0.1, 0.15) is 0 Å². The summed E-state index contributed by atoms with van der Waals surface area (Å²) in [4.78, 5) is 0. The zero-order chi connectivity index (χ0) is 14.1. The molecule has 1 aliphatic rings. The van der Waals surface area contributed by atoms with Crippen LogP contribution in [-0.4, -0.2) is 45.2 Å². The van der Waals surface area contributed by atoms with Crippen molar-refractivity contribution in [2.45, 2.75) is 51.9 Å². The molecule has 0 bridgehead atoms. The third-order valence-electron chi connectivity index (χ3n) is 3.90. The molecule has 5 heteroatoms. The van der Waals surface area contributed by atoms with Gasteiger partial charge in [0, 0.05) is 13.6 Å². The Morgan fingerprint density at radius 3 is 2.47 bits per heavy atom. The number of hydrogen-bond acceptors (Lipinski definition) is 3. The van der Waals surface area contributed by atoms with Crippen molar-refractivity contribution < 1.29 is 8.42 Å². The van der Waals surface area contributed by atoms with E-state index in [-0.39, 0.29) is 0 Å². The van der Waals surface area contributed by atoms with Gasteiger partial charge in [0.15, 0.2) is 0 Å². The van der Waals surface area contributed by atoms with Crippen LogP contribution in [-0.2, 0) is 10.0 Å². The molecular weight excluding hydrogens is 260 g/mol. The summed E-state index contributed by atoms with van der Waals surface area (Å²) in [7, 11) is -1.30. The van der Waals surface area contributed by atoms with Gasteiger partial charge in [0.05, 0.1) is 5.75 Å². The van der Waals surface area contributed by atoms with E-state index in [0.717, 1.165) is 38.9 Å². The third-order valence-corrected chi connectivity index (χ3v) is 5.80. The number of rotatable bonds is 10. The zero-order valence-corrected chi connectivity index (χ0v) is 13.3. The van der Waals surface area contributed by atoms with Crippen LogP contribution >= 0.6 is 0 Å².